The number of rotatable bonds is 50. The second-order valence-corrected chi connectivity index (χ2v) is 20.5. The van der Waals surface area contributed by atoms with Crippen molar-refractivity contribution in [2.75, 3.05) is 40.3 Å². The fourth-order valence-electron chi connectivity index (χ4n) is 9.43. The predicted molar refractivity (Wildman–Crippen MR) is 282 cm³/mol. The molecule has 0 aliphatic rings. The summed E-state index contributed by atoms with van der Waals surface area (Å²) >= 11 is 0. The fraction of sp³-hybridized carbons (Fsp3) is 0.947. The fourth-order valence-corrected chi connectivity index (χ4v) is 9.43. The first-order chi connectivity index (χ1) is 31.2. The molecule has 0 rings (SSSR count). The first-order valence-electron chi connectivity index (χ1n) is 28.6. The Bertz CT molecular complexity index is 1030. The van der Waals surface area contributed by atoms with Crippen molar-refractivity contribution in [2.45, 2.75) is 297 Å². The van der Waals surface area contributed by atoms with Gasteiger partial charge in [-0.25, -0.2) is 0 Å². The van der Waals surface area contributed by atoms with Crippen molar-refractivity contribution >= 4 is 17.7 Å². The number of carbonyl (C=O) groups is 2. The lowest BCUT2D eigenvalue weighted by atomic mass is 9.95. The SMILES string of the molecule is CCCCCCCCC(=O)N(CCCN(C)C)C(CCCCCCCCC(=O)OCC(CCCC)CCCCCC)CCCCCCCCC(N)=NCC(CCCC)CCCCCC. The van der Waals surface area contributed by atoms with Crippen LogP contribution in [-0.2, 0) is 14.3 Å². The molecule has 0 saturated heterocycles. The van der Waals surface area contributed by atoms with E-state index in [0.29, 0.717) is 43.2 Å². The van der Waals surface area contributed by atoms with E-state index < -0.39 is 0 Å². The quantitative estimate of drug-likeness (QED) is 0.0284. The molecule has 64 heavy (non-hydrogen) atoms. The summed E-state index contributed by atoms with van der Waals surface area (Å²) in [6.07, 6.45) is 47.4. The predicted octanol–water partition coefficient (Wildman–Crippen LogP) is 16.6. The van der Waals surface area contributed by atoms with Crippen LogP contribution < -0.4 is 5.73 Å². The van der Waals surface area contributed by atoms with Crippen LogP contribution in [0.4, 0.5) is 0 Å². The lowest BCUT2D eigenvalue weighted by molar-refractivity contribution is -0.145. The lowest BCUT2D eigenvalue weighted by Gasteiger charge is -2.33. The molecule has 7 heteroatoms. The molecule has 0 radical (unpaired) electrons. The van der Waals surface area contributed by atoms with Crippen molar-refractivity contribution in [1.82, 2.24) is 9.80 Å². The third kappa shape index (κ3) is 40.6. The zero-order chi connectivity index (χ0) is 47.1. The number of amidine groups is 1. The van der Waals surface area contributed by atoms with Crippen LogP contribution in [0.3, 0.4) is 0 Å². The first kappa shape index (κ1) is 62.4. The molecule has 0 aromatic carbocycles. The third-order valence-corrected chi connectivity index (χ3v) is 13.8. The number of amides is 1. The lowest BCUT2D eigenvalue weighted by Crippen LogP contribution is -2.41. The summed E-state index contributed by atoms with van der Waals surface area (Å²) in [7, 11) is 4.29. The molecule has 7 nitrogen and oxygen atoms in total. The molecule has 0 aliphatic heterocycles. The normalized spacial score (nSPS) is 13.4. The summed E-state index contributed by atoms with van der Waals surface area (Å²) in [4.78, 5) is 36.0. The summed E-state index contributed by atoms with van der Waals surface area (Å²) < 4.78 is 5.79. The molecular formula is C57H114N4O3. The Morgan fingerprint density at radius 3 is 1.39 bits per heavy atom. The Kier molecular flexibility index (Phi) is 46.6. The van der Waals surface area contributed by atoms with Gasteiger partial charge in [-0.15, -0.1) is 0 Å². The third-order valence-electron chi connectivity index (χ3n) is 13.8. The van der Waals surface area contributed by atoms with Gasteiger partial charge in [-0.3, -0.25) is 14.6 Å². The maximum atomic E-state index is 13.9. The van der Waals surface area contributed by atoms with Gasteiger partial charge in [-0.2, -0.15) is 0 Å². The molecule has 0 aromatic heterocycles. The minimum Gasteiger partial charge on any atom is -0.465 e. The Hall–Kier alpha value is -1.63. The van der Waals surface area contributed by atoms with E-state index in [0.717, 1.165) is 76.8 Å². The number of aliphatic imine (C=N–C) groups is 1. The molecule has 0 saturated carbocycles. The van der Waals surface area contributed by atoms with E-state index in [4.69, 9.17) is 15.5 Å². The minimum absolute atomic E-state index is 0.00176. The van der Waals surface area contributed by atoms with Gasteiger partial charge in [0.05, 0.1) is 12.4 Å². The number of nitrogens with zero attached hydrogens (tertiary/aromatic N) is 3. The van der Waals surface area contributed by atoms with E-state index in [1.807, 2.05) is 0 Å². The number of hydrogen-bond acceptors (Lipinski definition) is 5. The van der Waals surface area contributed by atoms with Gasteiger partial charge in [0.2, 0.25) is 5.91 Å². The average molecular weight is 904 g/mol. The molecule has 3 atom stereocenters. The van der Waals surface area contributed by atoms with Crippen LogP contribution in [-0.4, -0.2) is 73.9 Å². The number of nitrogens with two attached hydrogens (primary N) is 1. The van der Waals surface area contributed by atoms with Crippen molar-refractivity contribution in [3.63, 3.8) is 0 Å². The van der Waals surface area contributed by atoms with Gasteiger partial charge in [0.25, 0.3) is 0 Å². The monoisotopic (exact) mass is 903 g/mol. The smallest absolute Gasteiger partial charge is 0.305 e. The molecule has 0 spiro atoms. The largest absolute Gasteiger partial charge is 0.465 e. The Morgan fingerprint density at radius 1 is 0.453 bits per heavy atom. The number of unbranched alkanes of at least 4 members (excludes halogenated alkanes) is 23. The maximum Gasteiger partial charge on any atom is 0.305 e. The van der Waals surface area contributed by atoms with Gasteiger partial charge < -0.3 is 20.3 Å². The van der Waals surface area contributed by atoms with Gasteiger partial charge >= 0.3 is 5.97 Å². The van der Waals surface area contributed by atoms with Gasteiger partial charge in [-0.1, -0.05) is 208 Å². The van der Waals surface area contributed by atoms with Crippen LogP contribution in [0.1, 0.15) is 291 Å². The van der Waals surface area contributed by atoms with E-state index in [1.54, 1.807) is 0 Å². The highest BCUT2D eigenvalue weighted by molar-refractivity contribution is 5.80. The highest BCUT2D eigenvalue weighted by Gasteiger charge is 2.23. The van der Waals surface area contributed by atoms with Crippen molar-refractivity contribution in [1.29, 1.82) is 0 Å². The molecule has 0 bridgehead atoms. The van der Waals surface area contributed by atoms with Crippen molar-refractivity contribution in [2.24, 2.45) is 22.6 Å². The molecule has 380 valence electrons. The highest BCUT2D eigenvalue weighted by atomic mass is 16.5. The van der Waals surface area contributed by atoms with Gasteiger partial charge in [0.1, 0.15) is 0 Å². The van der Waals surface area contributed by atoms with E-state index in [-0.39, 0.29) is 5.97 Å². The van der Waals surface area contributed by atoms with Gasteiger partial charge in [-0.05, 0) is 96.7 Å². The zero-order valence-electron chi connectivity index (χ0n) is 44.5. The molecule has 2 N–H and O–H groups in total. The average Bonchev–Trinajstić information content (AvgIpc) is 3.28. The van der Waals surface area contributed by atoms with Crippen LogP contribution in [0.2, 0.25) is 0 Å². The summed E-state index contributed by atoms with van der Waals surface area (Å²) in [6.45, 7) is 14.8. The first-order valence-corrected chi connectivity index (χ1v) is 28.6. The van der Waals surface area contributed by atoms with Crippen LogP contribution in [0.5, 0.6) is 0 Å². The molecule has 0 fully saturated rings. The molecule has 3 unspecified atom stereocenters. The number of carbonyl (C=O) groups excluding carboxylic acids is 2. The minimum atomic E-state index is 0.00176. The van der Waals surface area contributed by atoms with E-state index >= 15 is 0 Å². The standard InChI is InChI=1S/C57H114N4O3/c1-8-13-18-21-29-36-46-56(62)61(49-38-48-60(6)7)54(43-33-26-22-24-28-35-45-55(58)59-50-52(39-16-11-4)41-31-19-14-9-2)44-34-27-23-25-30-37-47-57(63)64-51-53(40-17-12-5)42-32-20-15-10-3/h52-54H,8-51H2,1-7H3,(H2,58,59). The molecular weight excluding hydrogens is 789 g/mol. The molecule has 0 heterocycles. The Morgan fingerprint density at radius 2 is 0.859 bits per heavy atom. The highest BCUT2D eigenvalue weighted by Crippen LogP contribution is 2.23. The number of hydrogen-bond donors (Lipinski definition) is 1. The molecule has 0 aromatic rings. The Balaban J connectivity index is 5.01. The Labute approximate surface area is 400 Å². The van der Waals surface area contributed by atoms with Crippen LogP contribution >= 0.6 is 0 Å². The van der Waals surface area contributed by atoms with Crippen molar-refractivity contribution in [3.8, 4) is 0 Å². The number of esters is 1. The number of ether oxygens (including phenoxy) is 1. The summed E-state index contributed by atoms with van der Waals surface area (Å²) in [6, 6.07) is 0.348. The maximum absolute atomic E-state index is 13.9. The molecule has 1 amide bonds. The molecule has 0 aliphatic carbocycles. The van der Waals surface area contributed by atoms with Crippen LogP contribution in [0, 0.1) is 11.8 Å². The topological polar surface area (TPSA) is 88.2 Å². The van der Waals surface area contributed by atoms with Gasteiger partial charge in [0, 0.05) is 38.4 Å². The van der Waals surface area contributed by atoms with Crippen molar-refractivity contribution in [3.05, 3.63) is 0 Å². The van der Waals surface area contributed by atoms with Crippen molar-refractivity contribution < 1.29 is 14.3 Å². The van der Waals surface area contributed by atoms with Gasteiger partial charge in [0.15, 0.2) is 0 Å². The van der Waals surface area contributed by atoms with Crippen LogP contribution in [0.15, 0.2) is 4.99 Å². The summed E-state index contributed by atoms with van der Waals surface area (Å²) in [5, 5.41) is 0. The van der Waals surface area contributed by atoms with Crippen LogP contribution in [0.25, 0.3) is 0 Å². The van der Waals surface area contributed by atoms with E-state index in [1.165, 1.54) is 193 Å². The second-order valence-electron chi connectivity index (χ2n) is 20.5. The summed E-state index contributed by atoms with van der Waals surface area (Å²) in [5.74, 6) is 2.50. The summed E-state index contributed by atoms with van der Waals surface area (Å²) in [5.41, 5.74) is 6.42. The van der Waals surface area contributed by atoms with E-state index in [2.05, 4.69) is 58.5 Å². The zero-order valence-corrected chi connectivity index (χ0v) is 44.5. The second kappa shape index (κ2) is 47.8. The van der Waals surface area contributed by atoms with E-state index in [9.17, 15) is 9.59 Å².